The van der Waals surface area contributed by atoms with E-state index in [1.165, 1.54) is 0 Å². The fourth-order valence-electron chi connectivity index (χ4n) is 1.74. The Hall–Kier alpha value is -1.22. The topological polar surface area (TPSA) is 41.5 Å². The summed E-state index contributed by atoms with van der Waals surface area (Å²) in [5.41, 5.74) is 1.91. The predicted molar refractivity (Wildman–Crippen MR) is 54.8 cm³/mol. The molecule has 1 aliphatic rings. The van der Waals surface area contributed by atoms with E-state index < -0.39 is 0 Å². The fraction of sp³-hybridized carbons (Fsp3) is 0.455. The van der Waals surface area contributed by atoms with E-state index in [1.54, 1.807) is 13.2 Å². The van der Waals surface area contributed by atoms with Gasteiger partial charge in [0.15, 0.2) is 0 Å². The van der Waals surface area contributed by atoms with Crippen LogP contribution in [0.3, 0.4) is 0 Å². The van der Waals surface area contributed by atoms with Crippen molar-refractivity contribution in [3.8, 4) is 11.5 Å². The first-order valence-corrected chi connectivity index (χ1v) is 4.83. The van der Waals surface area contributed by atoms with Crippen molar-refractivity contribution in [3.05, 3.63) is 23.3 Å². The number of aromatic hydroxyl groups is 1. The van der Waals surface area contributed by atoms with E-state index in [1.807, 2.05) is 13.0 Å². The summed E-state index contributed by atoms with van der Waals surface area (Å²) in [6.07, 6.45) is 1.08. The molecule has 3 heteroatoms. The van der Waals surface area contributed by atoms with Gasteiger partial charge in [0.25, 0.3) is 0 Å². The Kier molecular flexibility index (Phi) is 2.33. The van der Waals surface area contributed by atoms with Crippen LogP contribution in [0.1, 0.15) is 23.6 Å². The van der Waals surface area contributed by atoms with Gasteiger partial charge in [-0.3, -0.25) is 0 Å². The highest BCUT2D eigenvalue weighted by Gasteiger charge is 2.22. The SMILES string of the molecule is COc1cc([C@@H]2CCN2)c(O)cc1C. The fourth-order valence-corrected chi connectivity index (χ4v) is 1.74. The van der Waals surface area contributed by atoms with Gasteiger partial charge in [-0.2, -0.15) is 0 Å². The zero-order chi connectivity index (χ0) is 10.1. The maximum absolute atomic E-state index is 9.75. The number of benzene rings is 1. The van der Waals surface area contributed by atoms with Crippen LogP contribution in [0, 0.1) is 6.92 Å². The Bertz CT molecular complexity index is 345. The molecule has 1 heterocycles. The molecule has 2 N–H and O–H groups in total. The highest BCUT2D eigenvalue weighted by molar-refractivity contribution is 5.47. The largest absolute Gasteiger partial charge is 0.508 e. The lowest BCUT2D eigenvalue weighted by atomic mass is 9.95. The number of phenolic OH excluding ortho intramolecular Hbond substituents is 1. The van der Waals surface area contributed by atoms with E-state index in [0.29, 0.717) is 11.8 Å². The van der Waals surface area contributed by atoms with E-state index in [2.05, 4.69) is 5.32 Å². The summed E-state index contributed by atoms with van der Waals surface area (Å²) >= 11 is 0. The normalized spacial score (nSPS) is 20.3. The van der Waals surface area contributed by atoms with Crippen molar-refractivity contribution in [1.29, 1.82) is 0 Å². The van der Waals surface area contributed by atoms with Crippen LogP contribution >= 0.6 is 0 Å². The number of ether oxygens (including phenoxy) is 1. The molecule has 0 saturated carbocycles. The third kappa shape index (κ3) is 1.44. The Morgan fingerprint density at radius 3 is 2.71 bits per heavy atom. The molecule has 0 aliphatic carbocycles. The first-order chi connectivity index (χ1) is 6.72. The van der Waals surface area contributed by atoms with Crippen LogP contribution in [0.4, 0.5) is 0 Å². The molecule has 3 nitrogen and oxygen atoms in total. The number of phenols is 1. The maximum atomic E-state index is 9.75. The van der Waals surface area contributed by atoms with E-state index >= 15 is 0 Å². The molecule has 14 heavy (non-hydrogen) atoms. The molecule has 0 bridgehead atoms. The van der Waals surface area contributed by atoms with Gasteiger partial charge < -0.3 is 15.2 Å². The van der Waals surface area contributed by atoms with E-state index in [4.69, 9.17) is 4.74 Å². The quantitative estimate of drug-likeness (QED) is 0.751. The predicted octanol–water partition coefficient (Wildman–Crippen LogP) is 1.74. The lowest BCUT2D eigenvalue weighted by molar-refractivity contribution is 0.358. The lowest BCUT2D eigenvalue weighted by Crippen LogP contribution is -2.34. The van der Waals surface area contributed by atoms with Crippen LogP contribution < -0.4 is 10.1 Å². The molecule has 0 amide bonds. The van der Waals surface area contributed by atoms with Crippen molar-refractivity contribution in [1.82, 2.24) is 5.32 Å². The zero-order valence-corrected chi connectivity index (χ0v) is 8.50. The Balaban J connectivity index is 2.38. The van der Waals surface area contributed by atoms with E-state index in [9.17, 15) is 5.11 Å². The van der Waals surface area contributed by atoms with Crippen molar-refractivity contribution in [2.24, 2.45) is 0 Å². The molecule has 1 atom stereocenters. The number of methoxy groups -OCH3 is 1. The van der Waals surface area contributed by atoms with Crippen molar-refractivity contribution < 1.29 is 9.84 Å². The standard InChI is InChI=1S/C11H15NO2/c1-7-5-10(13)8(6-11(7)14-2)9-3-4-12-9/h5-6,9,12-13H,3-4H2,1-2H3/t9-/m0/s1. The van der Waals surface area contributed by atoms with Crippen LogP contribution in [0.5, 0.6) is 11.5 Å². The lowest BCUT2D eigenvalue weighted by Gasteiger charge is -2.29. The molecule has 1 saturated heterocycles. The summed E-state index contributed by atoms with van der Waals surface area (Å²) in [5.74, 6) is 1.20. The minimum Gasteiger partial charge on any atom is -0.508 e. The second-order valence-electron chi connectivity index (χ2n) is 3.68. The number of aryl methyl sites for hydroxylation is 1. The summed E-state index contributed by atoms with van der Waals surface area (Å²) in [5, 5.41) is 13.0. The van der Waals surface area contributed by atoms with Gasteiger partial charge in [-0.25, -0.2) is 0 Å². The van der Waals surface area contributed by atoms with Gasteiger partial charge in [0, 0.05) is 11.6 Å². The minimum absolute atomic E-state index is 0.296. The minimum atomic E-state index is 0.296. The molecule has 0 unspecified atom stereocenters. The highest BCUT2D eigenvalue weighted by atomic mass is 16.5. The third-order valence-corrected chi connectivity index (χ3v) is 2.74. The van der Waals surface area contributed by atoms with Gasteiger partial charge in [-0.15, -0.1) is 0 Å². The molecule has 1 aromatic carbocycles. The summed E-state index contributed by atoms with van der Waals surface area (Å²) in [7, 11) is 1.65. The Labute approximate surface area is 83.7 Å². The van der Waals surface area contributed by atoms with Gasteiger partial charge in [-0.05, 0) is 37.6 Å². The van der Waals surface area contributed by atoms with Crippen LogP contribution in [-0.4, -0.2) is 18.8 Å². The van der Waals surface area contributed by atoms with Crippen LogP contribution in [-0.2, 0) is 0 Å². The molecule has 0 aromatic heterocycles. The van der Waals surface area contributed by atoms with Gasteiger partial charge in [-0.1, -0.05) is 0 Å². The number of hydrogen-bond acceptors (Lipinski definition) is 3. The molecule has 2 rings (SSSR count). The molecule has 1 fully saturated rings. The molecule has 0 radical (unpaired) electrons. The Morgan fingerprint density at radius 1 is 1.50 bits per heavy atom. The summed E-state index contributed by atoms with van der Waals surface area (Å²) in [4.78, 5) is 0. The monoisotopic (exact) mass is 193 g/mol. The average Bonchev–Trinajstić information content (AvgIpc) is 2.06. The van der Waals surface area contributed by atoms with Gasteiger partial charge in [0.05, 0.1) is 7.11 Å². The smallest absolute Gasteiger partial charge is 0.122 e. The number of hydrogen-bond donors (Lipinski definition) is 2. The molecule has 1 aliphatic heterocycles. The van der Waals surface area contributed by atoms with Crippen LogP contribution in [0.25, 0.3) is 0 Å². The van der Waals surface area contributed by atoms with Crippen molar-refractivity contribution in [2.75, 3.05) is 13.7 Å². The summed E-state index contributed by atoms with van der Waals surface area (Å²) in [6.45, 7) is 2.96. The maximum Gasteiger partial charge on any atom is 0.122 e. The average molecular weight is 193 g/mol. The highest BCUT2D eigenvalue weighted by Crippen LogP contribution is 2.35. The van der Waals surface area contributed by atoms with Crippen molar-refractivity contribution >= 4 is 0 Å². The van der Waals surface area contributed by atoms with Crippen molar-refractivity contribution in [2.45, 2.75) is 19.4 Å². The molecular formula is C11H15NO2. The second-order valence-corrected chi connectivity index (χ2v) is 3.68. The first kappa shape index (κ1) is 9.34. The first-order valence-electron chi connectivity index (χ1n) is 4.83. The van der Waals surface area contributed by atoms with Crippen LogP contribution in [0.2, 0.25) is 0 Å². The van der Waals surface area contributed by atoms with E-state index in [-0.39, 0.29) is 0 Å². The summed E-state index contributed by atoms with van der Waals surface area (Å²) < 4.78 is 5.22. The van der Waals surface area contributed by atoms with Gasteiger partial charge in [0.2, 0.25) is 0 Å². The van der Waals surface area contributed by atoms with Gasteiger partial charge >= 0.3 is 0 Å². The molecular weight excluding hydrogens is 178 g/mol. The van der Waals surface area contributed by atoms with Gasteiger partial charge in [0.1, 0.15) is 11.5 Å². The summed E-state index contributed by atoms with van der Waals surface area (Å²) in [6, 6.07) is 3.97. The Morgan fingerprint density at radius 2 is 2.21 bits per heavy atom. The molecule has 0 spiro atoms. The van der Waals surface area contributed by atoms with Crippen LogP contribution in [0.15, 0.2) is 12.1 Å². The van der Waals surface area contributed by atoms with Crippen molar-refractivity contribution in [3.63, 3.8) is 0 Å². The number of nitrogens with one attached hydrogen (secondary N) is 1. The molecule has 76 valence electrons. The molecule has 1 aromatic rings. The second kappa shape index (κ2) is 3.50. The zero-order valence-electron chi connectivity index (χ0n) is 8.50. The van der Waals surface area contributed by atoms with E-state index in [0.717, 1.165) is 29.8 Å². The number of rotatable bonds is 2. The third-order valence-electron chi connectivity index (χ3n) is 2.74.